The van der Waals surface area contributed by atoms with E-state index in [1.807, 2.05) is 0 Å². The van der Waals surface area contributed by atoms with E-state index in [9.17, 15) is 14.9 Å². The molecular weight excluding hydrogens is 270 g/mol. The molecule has 5 heteroatoms. The molecule has 1 aliphatic carbocycles. The third-order valence-electron chi connectivity index (χ3n) is 3.97. The van der Waals surface area contributed by atoms with Gasteiger partial charge in [-0.3, -0.25) is 14.9 Å². The molecule has 0 aliphatic heterocycles. The van der Waals surface area contributed by atoms with Crippen molar-refractivity contribution in [2.75, 3.05) is 0 Å². The maximum atomic E-state index is 11.0. The Morgan fingerprint density at radius 1 is 1.38 bits per heavy atom. The lowest BCUT2D eigenvalue weighted by Crippen LogP contribution is -2.34. The van der Waals surface area contributed by atoms with Crippen molar-refractivity contribution in [3.05, 3.63) is 33.9 Å². The lowest BCUT2D eigenvalue weighted by atomic mass is 9.71. The molecule has 2 atom stereocenters. The number of nitro groups is 1. The Labute approximate surface area is 124 Å². The number of hydrogen-bond donors (Lipinski definition) is 0. The van der Waals surface area contributed by atoms with Gasteiger partial charge in [-0.15, -0.1) is 0 Å². The lowest BCUT2D eigenvalue weighted by molar-refractivity contribution is -0.385. The van der Waals surface area contributed by atoms with E-state index in [1.54, 1.807) is 6.07 Å². The van der Waals surface area contributed by atoms with E-state index < -0.39 is 4.92 Å². The van der Waals surface area contributed by atoms with Gasteiger partial charge in [-0.1, -0.05) is 20.8 Å². The van der Waals surface area contributed by atoms with Crippen molar-refractivity contribution in [3.63, 3.8) is 0 Å². The van der Waals surface area contributed by atoms with E-state index in [-0.39, 0.29) is 22.8 Å². The lowest BCUT2D eigenvalue weighted by Gasteiger charge is -2.38. The highest BCUT2D eigenvalue weighted by molar-refractivity contribution is 5.82. The van der Waals surface area contributed by atoms with Gasteiger partial charge in [0.15, 0.2) is 6.29 Å². The van der Waals surface area contributed by atoms with Gasteiger partial charge in [0.2, 0.25) is 0 Å². The number of rotatable bonds is 4. The van der Waals surface area contributed by atoms with Gasteiger partial charge in [-0.2, -0.15) is 0 Å². The Morgan fingerprint density at radius 3 is 2.67 bits per heavy atom. The summed E-state index contributed by atoms with van der Waals surface area (Å²) in [5, 5.41) is 10.8. The summed E-state index contributed by atoms with van der Waals surface area (Å²) in [6.07, 6.45) is 3.68. The topological polar surface area (TPSA) is 69.4 Å². The zero-order valence-corrected chi connectivity index (χ0v) is 12.7. The van der Waals surface area contributed by atoms with Crippen LogP contribution in [0.3, 0.4) is 0 Å². The first-order valence-corrected chi connectivity index (χ1v) is 7.21. The molecule has 1 fully saturated rings. The zero-order valence-electron chi connectivity index (χ0n) is 12.7. The SMILES string of the molecule is CC1CC(Oc2ccc([N+](=O)[O-])c(C=O)c2)CC(C)(C)C1. The zero-order chi connectivity index (χ0) is 15.6. The maximum absolute atomic E-state index is 11.0. The predicted molar refractivity (Wildman–Crippen MR) is 79.7 cm³/mol. The molecule has 2 rings (SSSR count). The third kappa shape index (κ3) is 3.80. The first-order valence-electron chi connectivity index (χ1n) is 7.21. The molecule has 0 radical (unpaired) electrons. The second-order valence-corrected chi connectivity index (χ2v) is 6.75. The number of aldehydes is 1. The van der Waals surface area contributed by atoms with E-state index in [0.29, 0.717) is 18.0 Å². The van der Waals surface area contributed by atoms with Crippen molar-refractivity contribution >= 4 is 12.0 Å². The number of benzene rings is 1. The van der Waals surface area contributed by atoms with Gasteiger partial charge >= 0.3 is 0 Å². The average Bonchev–Trinajstić information content (AvgIpc) is 2.35. The van der Waals surface area contributed by atoms with Crippen LogP contribution >= 0.6 is 0 Å². The largest absolute Gasteiger partial charge is 0.490 e. The Hall–Kier alpha value is -1.91. The smallest absolute Gasteiger partial charge is 0.280 e. The summed E-state index contributed by atoms with van der Waals surface area (Å²) < 4.78 is 5.96. The Bertz CT molecular complexity index is 553. The van der Waals surface area contributed by atoms with E-state index in [4.69, 9.17) is 4.74 Å². The first kappa shape index (κ1) is 15.5. The van der Waals surface area contributed by atoms with Crippen molar-refractivity contribution < 1.29 is 14.5 Å². The summed E-state index contributed by atoms with van der Waals surface area (Å²) in [5.74, 6) is 1.11. The van der Waals surface area contributed by atoms with Gasteiger partial charge in [0.1, 0.15) is 5.75 Å². The predicted octanol–water partition coefficient (Wildman–Crippen LogP) is 4.00. The molecule has 114 valence electrons. The standard InChI is InChI=1S/C16H21NO4/c1-11-6-14(9-16(2,3)8-11)21-13-4-5-15(17(19)20)12(7-13)10-18/h4-5,7,10-11,14H,6,8-9H2,1-3H3. The summed E-state index contributed by atoms with van der Waals surface area (Å²) in [4.78, 5) is 21.2. The van der Waals surface area contributed by atoms with Crippen molar-refractivity contribution in [2.24, 2.45) is 11.3 Å². The van der Waals surface area contributed by atoms with Crippen molar-refractivity contribution in [1.29, 1.82) is 0 Å². The van der Waals surface area contributed by atoms with E-state index >= 15 is 0 Å². The fraction of sp³-hybridized carbons (Fsp3) is 0.562. The molecule has 2 unspecified atom stereocenters. The van der Waals surface area contributed by atoms with Crippen LogP contribution in [0.4, 0.5) is 5.69 Å². The van der Waals surface area contributed by atoms with Crippen molar-refractivity contribution in [1.82, 2.24) is 0 Å². The van der Waals surface area contributed by atoms with Crippen LogP contribution in [0.1, 0.15) is 50.4 Å². The molecule has 0 spiro atoms. The highest BCUT2D eigenvalue weighted by Gasteiger charge is 2.33. The normalized spacial score (nSPS) is 24.3. The van der Waals surface area contributed by atoms with Crippen molar-refractivity contribution in [2.45, 2.75) is 46.1 Å². The molecule has 0 N–H and O–H groups in total. The van der Waals surface area contributed by atoms with Crippen LogP contribution in [-0.4, -0.2) is 17.3 Å². The number of ether oxygens (including phenoxy) is 1. The van der Waals surface area contributed by atoms with Crippen LogP contribution in [0.2, 0.25) is 0 Å². The maximum Gasteiger partial charge on any atom is 0.280 e. The minimum Gasteiger partial charge on any atom is -0.490 e. The van der Waals surface area contributed by atoms with E-state index in [0.717, 1.165) is 12.8 Å². The third-order valence-corrected chi connectivity index (χ3v) is 3.97. The molecule has 1 aromatic carbocycles. The first-order chi connectivity index (χ1) is 9.80. The fourth-order valence-corrected chi connectivity index (χ4v) is 3.41. The Morgan fingerprint density at radius 2 is 2.10 bits per heavy atom. The van der Waals surface area contributed by atoms with Crippen LogP contribution in [0.5, 0.6) is 5.75 Å². The Balaban J connectivity index is 2.16. The van der Waals surface area contributed by atoms with E-state index in [2.05, 4.69) is 20.8 Å². The molecule has 5 nitrogen and oxygen atoms in total. The number of carbonyl (C=O) groups is 1. The molecule has 0 aromatic heterocycles. The molecule has 1 aliphatic rings. The van der Waals surface area contributed by atoms with Crippen LogP contribution in [-0.2, 0) is 0 Å². The van der Waals surface area contributed by atoms with Crippen LogP contribution in [0, 0.1) is 21.4 Å². The number of carbonyl (C=O) groups excluding carboxylic acids is 1. The molecule has 0 heterocycles. The second kappa shape index (κ2) is 5.84. The summed E-state index contributed by atoms with van der Waals surface area (Å²) in [7, 11) is 0. The van der Waals surface area contributed by atoms with Gasteiger partial charge in [0.25, 0.3) is 5.69 Å². The minimum absolute atomic E-state index is 0.0561. The van der Waals surface area contributed by atoms with Crippen LogP contribution < -0.4 is 4.74 Å². The minimum atomic E-state index is -0.556. The van der Waals surface area contributed by atoms with Gasteiger partial charge in [0.05, 0.1) is 16.6 Å². The number of hydrogen-bond acceptors (Lipinski definition) is 4. The van der Waals surface area contributed by atoms with Gasteiger partial charge in [-0.05, 0) is 42.7 Å². The average molecular weight is 291 g/mol. The number of nitro benzene ring substituents is 1. The van der Waals surface area contributed by atoms with Gasteiger partial charge in [0, 0.05) is 6.07 Å². The molecule has 21 heavy (non-hydrogen) atoms. The molecular formula is C16H21NO4. The summed E-state index contributed by atoms with van der Waals surface area (Å²) in [6.45, 7) is 6.67. The summed E-state index contributed by atoms with van der Waals surface area (Å²) >= 11 is 0. The Kier molecular flexibility index (Phi) is 4.30. The highest BCUT2D eigenvalue weighted by Crippen LogP contribution is 2.40. The summed E-state index contributed by atoms with van der Waals surface area (Å²) in [6, 6.07) is 4.35. The monoisotopic (exact) mass is 291 g/mol. The molecule has 0 amide bonds. The van der Waals surface area contributed by atoms with Crippen molar-refractivity contribution in [3.8, 4) is 5.75 Å². The molecule has 1 saturated carbocycles. The van der Waals surface area contributed by atoms with Gasteiger partial charge < -0.3 is 4.74 Å². The molecule has 0 saturated heterocycles. The fourth-order valence-electron chi connectivity index (χ4n) is 3.41. The summed E-state index contributed by atoms with van der Waals surface area (Å²) in [5.41, 5.74) is 0.103. The quantitative estimate of drug-likeness (QED) is 0.477. The second-order valence-electron chi connectivity index (χ2n) is 6.75. The highest BCUT2D eigenvalue weighted by atomic mass is 16.6. The van der Waals surface area contributed by atoms with E-state index in [1.165, 1.54) is 18.6 Å². The van der Waals surface area contributed by atoms with Crippen LogP contribution in [0.15, 0.2) is 18.2 Å². The number of nitrogens with zero attached hydrogens (tertiary/aromatic N) is 1. The molecule has 0 bridgehead atoms. The van der Waals surface area contributed by atoms with Gasteiger partial charge in [-0.25, -0.2) is 0 Å². The van der Waals surface area contributed by atoms with Crippen LogP contribution in [0.25, 0.3) is 0 Å². The molecule has 1 aromatic rings.